The molecular weight excluding hydrogens is 150 g/mol. The number of nitrogens with one attached hydrogen (secondary N) is 1. The summed E-state index contributed by atoms with van der Waals surface area (Å²) in [5.74, 6) is 0. The molecule has 5 heteroatoms. The lowest BCUT2D eigenvalue weighted by Gasteiger charge is -1.51. The quantitative estimate of drug-likeness (QED) is 0.447. The zero-order valence-corrected chi connectivity index (χ0v) is 5.58. The van der Waals surface area contributed by atoms with E-state index in [4.69, 9.17) is 0 Å². The van der Waals surface area contributed by atoms with Crippen LogP contribution in [0.1, 0.15) is 0 Å². The molecule has 38 valence electrons. The molecule has 0 bridgehead atoms. The molecule has 0 aliphatic carbocycles. The molecule has 0 atom stereocenters. The molecule has 0 radical (unpaired) electrons. The largest absolute Gasteiger partial charge is 0.316 e. The molecule has 0 aliphatic heterocycles. The Kier molecular flexibility index (Phi) is 1.36. The molecule has 2 nitrogen and oxygen atoms in total. The van der Waals surface area contributed by atoms with Gasteiger partial charge in [-0.05, 0) is 32.9 Å². The summed E-state index contributed by atoms with van der Waals surface area (Å²) in [6.07, 6.45) is 0. The maximum absolute atomic E-state index is 10.2. The molecule has 0 spiro atoms. The van der Waals surface area contributed by atoms with E-state index >= 15 is 0 Å². The van der Waals surface area contributed by atoms with Crippen molar-refractivity contribution in [2.24, 2.45) is 0 Å². The minimum atomic E-state index is -0.0602. The summed E-state index contributed by atoms with van der Waals surface area (Å²) in [7, 11) is 2.42. The van der Waals surface area contributed by atoms with Gasteiger partial charge in [-0.1, -0.05) is 0 Å². The molecule has 1 N–H and O–H groups in total. The Morgan fingerprint density at radius 3 is 2.43 bits per heavy atom. The molecule has 1 heterocycles. The predicted octanol–water partition coefficient (Wildman–Crippen LogP) is 1.23. The summed E-state index contributed by atoms with van der Waals surface area (Å²) in [5, 5.41) is 0. The van der Waals surface area contributed by atoms with Gasteiger partial charge in [0.2, 0.25) is 0 Å². The molecule has 0 unspecified atom stereocenters. The monoisotopic (exact) mass is 151 g/mol. The van der Waals surface area contributed by atoms with Crippen LogP contribution in [0.3, 0.4) is 0 Å². The van der Waals surface area contributed by atoms with Gasteiger partial charge in [-0.2, -0.15) is 0 Å². The van der Waals surface area contributed by atoms with E-state index < -0.39 is 0 Å². The maximum Gasteiger partial charge on any atom is 0.316 e. The fourth-order valence-corrected chi connectivity index (χ4v) is 1.86. The van der Waals surface area contributed by atoms with Crippen molar-refractivity contribution in [1.82, 2.24) is 4.98 Å². The van der Waals surface area contributed by atoms with Crippen LogP contribution in [-0.4, -0.2) is 4.98 Å². The fraction of sp³-hybridized carbons (Fsp3) is 0. The van der Waals surface area contributed by atoms with E-state index in [1.54, 1.807) is 0 Å². The van der Waals surface area contributed by atoms with Crippen molar-refractivity contribution in [3.63, 3.8) is 0 Å². The van der Waals surface area contributed by atoms with E-state index in [0.717, 1.165) is 10.3 Å². The highest BCUT2D eigenvalue weighted by atomic mass is 32.9. The molecule has 0 amide bonds. The molecule has 0 aliphatic rings. The smallest absolute Gasteiger partial charge is 0.295 e. The Bertz CT molecular complexity index is 217. The maximum atomic E-state index is 10.2. The highest BCUT2D eigenvalue weighted by Crippen LogP contribution is 1.97. The number of rotatable bonds is 0. The van der Waals surface area contributed by atoms with Crippen molar-refractivity contribution in [2.45, 2.75) is 0 Å². The van der Waals surface area contributed by atoms with E-state index in [-0.39, 0.29) is 4.87 Å². The van der Waals surface area contributed by atoms with Gasteiger partial charge in [0.05, 0.1) is 0 Å². The van der Waals surface area contributed by atoms with Gasteiger partial charge in [0.15, 0.2) is 3.95 Å². The minimum absolute atomic E-state index is 0.0602. The van der Waals surface area contributed by atoms with Crippen molar-refractivity contribution in [1.29, 1.82) is 0 Å². The average molecular weight is 151 g/mol. The van der Waals surface area contributed by atoms with Gasteiger partial charge in [-0.3, -0.25) is 9.78 Å². The van der Waals surface area contributed by atoms with Crippen LogP contribution in [0.5, 0.6) is 0 Å². The van der Waals surface area contributed by atoms with Crippen molar-refractivity contribution in [3.05, 3.63) is 13.6 Å². The summed E-state index contributed by atoms with van der Waals surface area (Å²) in [5.41, 5.74) is 0. The van der Waals surface area contributed by atoms with Crippen molar-refractivity contribution in [3.8, 4) is 0 Å². The minimum Gasteiger partial charge on any atom is -0.295 e. The van der Waals surface area contributed by atoms with Crippen LogP contribution < -0.4 is 4.87 Å². The first kappa shape index (κ1) is 5.14. The zero-order chi connectivity index (χ0) is 5.28. The van der Waals surface area contributed by atoms with Gasteiger partial charge in [-0.15, -0.1) is 0 Å². The van der Waals surface area contributed by atoms with Crippen LogP contribution >= 0.6 is 32.9 Å². The predicted molar refractivity (Wildman–Crippen MR) is 33.7 cm³/mol. The Morgan fingerprint density at radius 2 is 2.29 bits per heavy atom. The van der Waals surface area contributed by atoms with E-state index in [1.807, 2.05) is 0 Å². The van der Waals surface area contributed by atoms with E-state index in [9.17, 15) is 4.79 Å². The van der Waals surface area contributed by atoms with Gasteiger partial charge in [-0.25, -0.2) is 0 Å². The van der Waals surface area contributed by atoms with Crippen molar-refractivity contribution in [2.75, 3.05) is 0 Å². The lowest BCUT2D eigenvalue weighted by molar-refractivity contribution is 1.34. The molecule has 7 heavy (non-hydrogen) atoms. The molecule has 0 saturated carbocycles. The van der Waals surface area contributed by atoms with Crippen LogP contribution in [0.15, 0.2) is 4.79 Å². The summed E-state index contributed by atoms with van der Waals surface area (Å²) in [6.45, 7) is 0. The van der Waals surface area contributed by atoms with E-state index in [1.165, 1.54) is 10.3 Å². The molecule has 0 saturated heterocycles. The zero-order valence-electron chi connectivity index (χ0n) is 3.13. The highest BCUT2D eigenvalue weighted by molar-refractivity contribution is 7.79. The van der Waals surface area contributed by atoms with Gasteiger partial charge < -0.3 is 0 Å². The topological polar surface area (TPSA) is 32.9 Å². The molecule has 0 aromatic carbocycles. The third-order valence-corrected chi connectivity index (χ3v) is 2.86. The molecule has 1 aromatic rings. The molecule has 1 rings (SSSR count). The Hall–Kier alpha value is -0.0000000000000000555. The Labute approximate surface area is 51.8 Å². The first-order chi connectivity index (χ1) is 3.29. The Morgan fingerprint density at radius 1 is 1.57 bits per heavy atom. The van der Waals surface area contributed by atoms with Crippen LogP contribution in [0.4, 0.5) is 0 Å². The number of aromatic nitrogens is 1. The average Bonchev–Trinajstić information content (AvgIpc) is 1.87. The SMILES string of the molecule is O=c1[nH]c(=S)ss1. The van der Waals surface area contributed by atoms with Crippen LogP contribution in [0.2, 0.25) is 0 Å². The lowest BCUT2D eigenvalue weighted by atomic mass is 11.4. The molecule has 1 aromatic heterocycles. The first-order valence-corrected chi connectivity index (χ1v) is 4.04. The second-order valence-electron chi connectivity index (χ2n) is 0.867. The Balaban J connectivity index is 3.59. The number of hydrogen-bond acceptors (Lipinski definition) is 4. The highest BCUT2D eigenvalue weighted by Gasteiger charge is 1.80. The fourth-order valence-electron chi connectivity index (χ4n) is 0.201. The van der Waals surface area contributed by atoms with Crippen molar-refractivity contribution >= 4 is 32.9 Å². The van der Waals surface area contributed by atoms with E-state index in [2.05, 4.69) is 17.2 Å². The molecular formula is C2HNOS3. The normalized spacial score (nSPS) is 9.14. The summed E-state index contributed by atoms with van der Waals surface area (Å²) < 4.78 is 0.565. The van der Waals surface area contributed by atoms with Crippen LogP contribution in [0, 0.1) is 3.95 Å². The van der Waals surface area contributed by atoms with Crippen molar-refractivity contribution < 1.29 is 0 Å². The standard InChI is InChI=1S/C2HNOS3/c4-1-3-2(5)7-6-1/h(H,3,4,5). The summed E-state index contributed by atoms with van der Waals surface area (Å²) in [4.78, 5) is 12.6. The number of hydrogen-bond donors (Lipinski definition) is 1. The van der Waals surface area contributed by atoms with Gasteiger partial charge in [0.25, 0.3) is 0 Å². The lowest BCUT2D eigenvalue weighted by Crippen LogP contribution is -1.89. The molecule has 0 fully saturated rings. The second-order valence-corrected chi connectivity index (χ2v) is 3.65. The summed E-state index contributed by atoms with van der Waals surface area (Å²) in [6, 6.07) is 0. The van der Waals surface area contributed by atoms with Gasteiger partial charge in [0, 0.05) is 0 Å². The summed E-state index contributed by atoms with van der Waals surface area (Å²) >= 11 is 4.61. The third-order valence-electron chi connectivity index (χ3n) is 0.397. The van der Waals surface area contributed by atoms with Gasteiger partial charge >= 0.3 is 4.87 Å². The first-order valence-electron chi connectivity index (χ1n) is 1.48. The van der Waals surface area contributed by atoms with Crippen LogP contribution in [-0.2, 0) is 0 Å². The van der Waals surface area contributed by atoms with E-state index in [0.29, 0.717) is 3.95 Å². The van der Waals surface area contributed by atoms with Gasteiger partial charge in [0.1, 0.15) is 0 Å². The third kappa shape index (κ3) is 1.19. The van der Waals surface area contributed by atoms with Crippen LogP contribution in [0.25, 0.3) is 0 Å². The number of H-pyrrole nitrogens is 1. The number of aromatic amines is 1. The second kappa shape index (κ2) is 1.85.